The number of guanidine groups is 1. The van der Waals surface area contributed by atoms with E-state index in [1.54, 1.807) is 21.3 Å². The Morgan fingerprint density at radius 3 is 2.10 bits per heavy atom. The molecule has 2 aromatic rings. The fraction of sp³-hybridized carbons (Fsp3) is 0.458. The summed E-state index contributed by atoms with van der Waals surface area (Å²) in [6, 6.07) is 14.4. The van der Waals surface area contributed by atoms with Gasteiger partial charge in [-0.2, -0.15) is 0 Å². The van der Waals surface area contributed by atoms with E-state index in [0.717, 1.165) is 50.8 Å². The molecule has 1 N–H and O–H groups in total. The fourth-order valence-corrected chi connectivity index (χ4v) is 3.78. The highest BCUT2D eigenvalue weighted by atomic mass is 16.5. The summed E-state index contributed by atoms with van der Waals surface area (Å²) in [5.41, 5.74) is 2.37. The molecule has 7 nitrogen and oxygen atoms in total. The third-order valence-electron chi connectivity index (χ3n) is 5.39. The van der Waals surface area contributed by atoms with Crippen LogP contribution in [0.25, 0.3) is 0 Å². The van der Waals surface area contributed by atoms with Gasteiger partial charge in [-0.25, -0.2) is 4.99 Å². The van der Waals surface area contributed by atoms with E-state index >= 15 is 0 Å². The lowest BCUT2D eigenvalue weighted by Crippen LogP contribution is -2.52. The predicted octanol–water partition coefficient (Wildman–Crippen LogP) is 3.00. The normalized spacial score (nSPS) is 15.0. The highest BCUT2D eigenvalue weighted by Gasteiger charge is 2.21. The summed E-state index contributed by atoms with van der Waals surface area (Å²) in [6.45, 7) is 8.30. The number of aliphatic imine (C=N–C) groups is 1. The predicted molar refractivity (Wildman–Crippen MR) is 124 cm³/mol. The van der Waals surface area contributed by atoms with E-state index < -0.39 is 0 Å². The molecule has 168 valence electrons. The Labute approximate surface area is 185 Å². The van der Waals surface area contributed by atoms with Gasteiger partial charge >= 0.3 is 0 Å². The van der Waals surface area contributed by atoms with Crippen molar-refractivity contribution in [3.8, 4) is 17.2 Å². The van der Waals surface area contributed by atoms with Crippen molar-refractivity contribution < 1.29 is 14.2 Å². The van der Waals surface area contributed by atoms with E-state index in [4.69, 9.17) is 19.2 Å². The molecule has 1 aliphatic heterocycles. The second-order valence-electron chi connectivity index (χ2n) is 7.45. The molecular weight excluding hydrogens is 392 g/mol. The number of ether oxygens (including phenoxy) is 3. The van der Waals surface area contributed by atoms with Gasteiger partial charge in [-0.05, 0) is 30.2 Å². The largest absolute Gasteiger partial charge is 0.493 e. The molecule has 0 saturated carbocycles. The van der Waals surface area contributed by atoms with Crippen LogP contribution in [0.2, 0.25) is 0 Å². The van der Waals surface area contributed by atoms with Crippen molar-refractivity contribution in [2.75, 3.05) is 54.1 Å². The van der Waals surface area contributed by atoms with Crippen LogP contribution in [0.5, 0.6) is 17.2 Å². The molecule has 1 aliphatic rings. The topological polar surface area (TPSA) is 58.6 Å². The van der Waals surface area contributed by atoms with Gasteiger partial charge in [0, 0.05) is 39.3 Å². The SMILES string of the molecule is CCNC(=NCc1ccccc1)N1CCN(Cc2cc(OC)c(OC)c(OC)c2)CC1. The standard InChI is InChI=1S/C24H34N4O3/c1-5-25-24(26-17-19-9-7-6-8-10-19)28-13-11-27(12-14-28)18-20-15-21(29-2)23(31-4)22(16-20)30-3/h6-10,15-16H,5,11-14,17-18H2,1-4H3,(H,25,26). The molecule has 0 amide bonds. The second-order valence-corrected chi connectivity index (χ2v) is 7.45. The van der Waals surface area contributed by atoms with E-state index in [1.807, 2.05) is 18.2 Å². The van der Waals surface area contributed by atoms with Crippen LogP contribution in [-0.4, -0.2) is 69.8 Å². The number of rotatable bonds is 8. The molecule has 0 aliphatic carbocycles. The number of hydrogen-bond donors (Lipinski definition) is 1. The number of benzene rings is 2. The van der Waals surface area contributed by atoms with E-state index in [-0.39, 0.29) is 0 Å². The molecule has 31 heavy (non-hydrogen) atoms. The summed E-state index contributed by atoms with van der Waals surface area (Å²) in [5.74, 6) is 3.00. The minimum Gasteiger partial charge on any atom is -0.493 e. The Kier molecular flexibility index (Phi) is 8.41. The second kappa shape index (κ2) is 11.5. The Balaban J connectivity index is 1.61. The summed E-state index contributed by atoms with van der Waals surface area (Å²) >= 11 is 0. The van der Waals surface area contributed by atoms with Gasteiger partial charge in [0.1, 0.15) is 0 Å². The minimum absolute atomic E-state index is 0.628. The number of nitrogens with zero attached hydrogens (tertiary/aromatic N) is 3. The van der Waals surface area contributed by atoms with Crippen LogP contribution < -0.4 is 19.5 Å². The Bertz CT molecular complexity index is 824. The smallest absolute Gasteiger partial charge is 0.203 e. The van der Waals surface area contributed by atoms with Crippen molar-refractivity contribution >= 4 is 5.96 Å². The van der Waals surface area contributed by atoms with Gasteiger partial charge < -0.3 is 24.4 Å². The fourth-order valence-electron chi connectivity index (χ4n) is 3.78. The zero-order valence-electron chi connectivity index (χ0n) is 19.1. The van der Waals surface area contributed by atoms with Gasteiger partial charge in [0.25, 0.3) is 0 Å². The average Bonchev–Trinajstić information content (AvgIpc) is 2.82. The van der Waals surface area contributed by atoms with Crippen molar-refractivity contribution in [2.45, 2.75) is 20.0 Å². The van der Waals surface area contributed by atoms with Crippen LogP contribution in [-0.2, 0) is 13.1 Å². The quantitative estimate of drug-likeness (QED) is 0.517. The van der Waals surface area contributed by atoms with Gasteiger partial charge in [-0.3, -0.25) is 4.90 Å². The van der Waals surface area contributed by atoms with Crippen LogP contribution in [0, 0.1) is 0 Å². The molecular formula is C24H34N4O3. The van der Waals surface area contributed by atoms with Crippen LogP contribution in [0.4, 0.5) is 0 Å². The van der Waals surface area contributed by atoms with Crippen LogP contribution in [0.3, 0.4) is 0 Å². The van der Waals surface area contributed by atoms with Crippen molar-refractivity contribution in [3.63, 3.8) is 0 Å². The third kappa shape index (κ3) is 6.04. The summed E-state index contributed by atoms with van der Waals surface area (Å²) in [4.78, 5) is 9.63. The Hall–Kier alpha value is -2.93. The molecule has 0 atom stereocenters. The number of methoxy groups -OCH3 is 3. The molecule has 1 heterocycles. The number of hydrogen-bond acceptors (Lipinski definition) is 5. The van der Waals surface area contributed by atoms with Gasteiger partial charge in [0.15, 0.2) is 17.5 Å². The zero-order valence-corrected chi connectivity index (χ0v) is 19.1. The lowest BCUT2D eigenvalue weighted by atomic mass is 10.1. The summed E-state index contributed by atoms with van der Waals surface area (Å²) in [6.07, 6.45) is 0. The summed E-state index contributed by atoms with van der Waals surface area (Å²) < 4.78 is 16.4. The molecule has 1 fully saturated rings. The Morgan fingerprint density at radius 2 is 1.55 bits per heavy atom. The lowest BCUT2D eigenvalue weighted by molar-refractivity contribution is 0.172. The molecule has 0 bridgehead atoms. The number of nitrogens with one attached hydrogen (secondary N) is 1. The molecule has 0 radical (unpaired) electrons. The van der Waals surface area contributed by atoms with E-state index in [0.29, 0.717) is 23.8 Å². The van der Waals surface area contributed by atoms with Gasteiger partial charge in [0.05, 0.1) is 27.9 Å². The maximum absolute atomic E-state index is 5.49. The van der Waals surface area contributed by atoms with Crippen molar-refractivity contribution in [3.05, 3.63) is 53.6 Å². The summed E-state index contributed by atoms with van der Waals surface area (Å²) in [5, 5.41) is 3.44. The molecule has 0 unspecified atom stereocenters. The summed E-state index contributed by atoms with van der Waals surface area (Å²) in [7, 11) is 4.92. The van der Waals surface area contributed by atoms with Crippen molar-refractivity contribution in [2.24, 2.45) is 4.99 Å². The first-order valence-electron chi connectivity index (χ1n) is 10.8. The molecule has 7 heteroatoms. The number of piperazine rings is 1. The molecule has 0 spiro atoms. The van der Waals surface area contributed by atoms with E-state index in [2.05, 4.69) is 46.3 Å². The zero-order chi connectivity index (χ0) is 22.1. The molecule has 3 rings (SSSR count). The minimum atomic E-state index is 0.628. The molecule has 0 aromatic heterocycles. The lowest BCUT2D eigenvalue weighted by Gasteiger charge is -2.36. The van der Waals surface area contributed by atoms with Crippen LogP contribution in [0.15, 0.2) is 47.5 Å². The van der Waals surface area contributed by atoms with Gasteiger partial charge in [-0.15, -0.1) is 0 Å². The van der Waals surface area contributed by atoms with Crippen molar-refractivity contribution in [1.82, 2.24) is 15.1 Å². The highest BCUT2D eigenvalue weighted by Crippen LogP contribution is 2.38. The Morgan fingerprint density at radius 1 is 0.903 bits per heavy atom. The third-order valence-corrected chi connectivity index (χ3v) is 5.39. The monoisotopic (exact) mass is 426 g/mol. The maximum Gasteiger partial charge on any atom is 0.203 e. The first-order valence-corrected chi connectivity index (χ1v) is 10.8. The highest BCUT2D eigenvalue weighted by molar-refractivity contribution is 5.80. The molecule has 2 aromatic carbocycles. The van der Waals surface area contributed by atoms with Crippen LogP contribution in [0.1, 0.15) is 18.1 Å². The maximum atomic E-state index is 5.49. The average molecular weight is 427 g/mol. The van der Waals surface area contributed by atoms with Gasteiger partial charge in [0.2, 0.25) is 5.75 Å². The van der Waals surface area contributed by atoms with Crippen LogP contribution >= 0.6 is 0 Å². The first-order chi connectivity index (χ1) is 15.2. The first kappa shape index (κ1) is 22.7. The van der Waals surface area contributed by atoms with E-state index in [9.17, 15) is 0 Å². The van der Waals surface area contributed by atoms with Gasteiger partial charge in [-0.1, -0.05) is 30.3 Å². The van der Waals surface area contributed by atoms with E-state index in [1.165, 1.54) is 5.56 Å². The van der Waals surface area contributed by atoms with Crippen molar-refractivity contribution in [1.29, 1.82) is 0 Å². The molecule has 1 saturated heterocycles.